The Morgan fingerprint density at radius 2 is 2.16 bits per heavy atom. The van der Waals surface area contributed by atoms with Gasteiger partial charge in [0, 0.05) is 11.8 Å². The number of ether oxygens (including phenoxy) is 1. The molecule has 1 aliphatic heterocycles. The lowest BCUT2D eigenvalue weighted by Gasteiger charge is -2.17. The minimum Gasteiger partial charge on any atom is -0.394 e. The molecule has 1 fully saturated rings. The quantitative estimate of drug-likeness (QED) is 0.466. The Morgan fingerprint density at radius 1 is 1.32 bits per heavy atom. The van der Waals surface area contributed by atoms with Crippen LogP contribution in [0.5, 0.6) is 0 Å². The molecule has 0 aliphatic carbocycles. The number of hydrogen-bond donors (Lipinski definition) is 3. The second-order valence-electron chi connectivity index (χ2n) is 5.77. The van der Waals surface area contributed by atoms with Gasteiger partial charge in [0.15, 0.2) is 6.23 Å². The van der Waals surface area contributed by atoms with Crippen LogP contribution in [0.3, 0.4) is 0 Å². The van der Waals surface area contributed by atoms with E-state index >= 15 is 0 Å². The Kier molecular flexibility index (Phi) is 4.52. The van der Waals surface area contributed by atoms with Gasteiger partial charge < -0.3 is 24.6 Å². The molecule has 3 aromatic heterocycles. The maximum Gasteiger partial charge on any atom is 0.164 e. The number of thioether (sulfide) groups is 1. The summed E-state index contributed by atoms with van der Waals surface area (Å²) in [6, 6.07) is 2.01. The highest BCUT2D eigenvalue weighted by Crippen LogP contribution is 2.39. The van der Waals surface area contributed by atoms with Crippen LogP contribution in [0.2, 0.25) is 0 Å². The van der Waals surface area contributed by atoms with Crippen molar-refractivity contribution in [3.05, 3.63) is 29.4 Å². The first-order valence-corrected chi connectivity index (χ1v) is 9.87. The van der Waals surface area contributed by atoms with E-state index in [4.69, 9.17) is 4.74 Å². The van der Waals surface area contributed by atoms with Crippen LogP contribution in [-0.2, 0) is 4.74 Å². The molecule has 0 unspecified atom stereocenters. The molecule has 4 atom stereocenters. The van der Waals surface area contributed by atoms with Crippen molar-refractivity contribution >= 4 is 34.1 Å². The fourth-order valence-corrected chi connectivity index (χ4v) is 4.37. The van der Waals surface area contributed by atoms with Crippen LogP contribution < -0.4 is 0 Å². The van der Waals surface area contributed by atoms with E-state index < -0.39 is 24.5 Å². The van der Waals surface area contributed by atoms with Crippen molar-refractivity contribution in [2.24, 2.45) is 0 Å². The summed E-state index contributed by atoms with van der Waals surface area (Å²) in [6.45, 7) is -0.365. The highest BCUT2D eigenvalue weighted by molar-refractivity contribution is 7.98. The molecule has 0 amide bonds. The van der Waals surface area contributed by atoms with Crippen molar-refractivity contribution in [2.75, 3.05) is 12.9 Å². The van der Waals surface area contributed by atoms with Gasteiger partial charge in [0.25, 0.3) is 0 Å². The minimum atomic E-state index is -1.16. The number of thiophene rings is 1. The Labute approximate surface area is 151 Å². The summed E-state index contributed by atoms with van der Waals surface area (Å²) in [6.07, 6.45) is 1.32. The summed E-state index contributed by atoms with van der Waals surface area (Å²) < 4.78 is 7.40. The molecule has 0 aromatic carbocycles. The number of hydrogen-bond acceptors (Lipinski definition) is 8. The van der Waals surface area contributed by atoms with Crippen LogP contribution in [0.4, 0.5) is 0 Å². The van der Waals surface area contributed by atoms with E-state index in [0.717, 1.165) is 21.5 Å². The largest absolute Gasteiger partial charge is 0.394 e. The molecule has 0 spiro atoms. The molecule has 4 rings (SSSR count). The smallest absolute Gasteiger partial charge is 0.164 e. The van der Waals surface area contributed by atoms with Gasteiger partial charge in [-0.2, -0.15) is 11.3 Å². The summed E-state index contributed by atoms with van der Waals surface area (Å²) in [4.78, 5) is 8.73. The molecule has 0 bridgehead atoms. The summed E-state index contributed by atoms with van der Waals surface area (Å²) in [5, 5.41) is 35.5. The molecule has 9 heteroatoms. The standard InChI is InChI=1S/C16H17N3O4S2/c1-24-15-11-9(8-2-3-25-6-8)4-19(14(11)17-7-18-15)16-13(22)12(21)10(5-20)23-16/h2-4,6-7,10,12-13,16,20-22H,5H2,1H3/t10-,12-,13-,16-/m1/s1. The highest BCUT2D eigenvalue weighted by Gasteiger charge is 2.44. The van der Waals surface area contributed by atoms with E-state index in [0.29, 0.717) is 5.65 Å². The first kappa shape index (κ1) is 17.0. The van der Waals surface area contributed by atoms with Crippen LogP contribution in [0, 0.1) is 0 Å². The lowest BCUT2D eigenvalue weighted by Crippen LogP contribution is -2.33. The van der Waals surface area contributed by atoms with Gasteiger partial charge in [-0.25, -0.2) is 9.97 Å². The Bertz CT molecular complexity index is 883. The number of aliphatic hydroxyl groups excluding tert-OH is 3. The predicted octanol–water partition coefficient (Wildman–Crippen LogP) is 1.49. The summed E-state index contributed by atoms with van der Waals surface area (Å²) >= 11 is 3.11. The molecule has 7 nitrogen and oxygen atoms in total. The molecule has 0 radical (unpaired) electrons. The van der Waals surface area contributed by atoms with E-state index in [1.807, 2.05) is 29.3 Å². The number of nitrogens with zero attached hydrogens (tertiary/aromatic N) is 3. The van der Waals surface area contributed by atoms with Crippen LogP contribution in [0.1, 0.15) is 6.23 Å². The molecule has 1 aliphatic rings. The zero-order valence-electron chi connectivity index (χ0n) is 13.3. The van der Waals surface area contributed by atoms with Gasteiger partial charge in [0.2, 0.25) is 0 Å². The van der Waals surface area contributed by atoms with E-state index in [1.54, 1.807) is 15.9 Å². The predicted molar refractivity (Wildman–Crippen MR) is 95.6 cm³/mol. The van der Waals surface area contributed by atoms with E-state index in [2.05, 4.69) is 9.97 Å². The second-order valence-corrected chi connectivity index (χ2v) is 7.35. The average molecular weight is 379 g/mol. The second kappa shape index (κ2) is 6.67. The monoisotopic (exact) mass is 379 g/mol. The third kappa shape index (κ3) is 2.67. The average Bonchev–Trinajstić information content (AvgIpc) is 3.34. The third-order valence-corrected chi connectivity index (χ3v) is 5.77. The topological polar surface area (TPSA) is 101 Å². The van der Waals surface area contributed by atoms with Crippen LogP contribution in [0.15, 0.2) is 34.4 Å². The van der Waals surface area contributed by atoms with Crippen molar-refractivity contribution in [3.63, 3.8) is 0 Å². The van der Waals surface area contributed by atoms with E-state index in [9.17, 15) is 15.3 Å². The molecule has 4 heterocycles. The molecule has 0 saturated carbocycles. The van der Waals surface area contributed by atoms with Gasteiger partial charge in [-0.1, -0.05) is 0 Å². The Morgan fingerprint density at radius 3 is 2.80 bits per heavy atom. The third-order valence-electron chi connectivity index (χ3n) is 4.39. The molecular formula is C16H17N3O4S2. The maximum atomic E-state index is 10.4. The van der Waals surface area contributed by atoms with Gasteiger partial charge in [0.1, 0.15) is 35.3 Å². The van der Waals surface area contributed by atoms with Gasteiger partial charge in [-0.3, -0.25) is 0 Å². The van der Waals surface area contributed by atoms with E-state index in [-0.39, 0.29) is 6.61 Å². The first-order chi connectivity index (χ1) is 12.2. The van der Waals surface area contributed by atoms with Crippen molar-refractivity contribution in [2.45, 2.75) is 29.6 Å². The van der Waals surface area contributed by atoms with Crippen molar-refractivity contribution in [1.29, 1.82) is 0 Å². The number of aromatic nitrogens is 3. The summed E-state index contributed by atoms with van der Waals surface area (Å²) in [5.41, 5.74) is 2.60. The number of rotatable bonds is 4. The fourth-order valence-electron chi connectivity index (χ4n) is 3.15. The van der Waals surface area contributed by atoms with Crippen molar-refractivity contribution in [1.82, 2.24) is 14.5 Å². The van der Waals surface area contributed by atoms with E-state index in [1.165, 1.54) is 18.1 Å². The number of aliphatic hydroxyl groups is 3. The summed E-state index contributed by atoms with van der Waals surface area (Å²) in [7, 11) is 0. The fraction of sp³-hybridized carbons (Fsp3) is 0.375. The molecule has 3 aromatic rings. The minimum absolute atomic E-state index is 0.365. The van der Waals surface area contributed by atoms with Crippen LogP contribution >= 0.6 is 23.1 Å². The van der Waals surface area contributed by atoms with Crippen LogP contribution in [-0.4, -0.2) is 61.0 Å². The molecule has 1 saturated heterocycles. The summed E-state index contributed by atoms with van der Waals surface area (Å²) in [5.74, 6) is 0. The Balaban J connectivity index is 1.91. The highest BCUT2D eigenvalue weighted by atomic mass is 32.2. The maximum absolute atomic E-state index is 10.4. The van der Waals surface area contributed by atoms with Crippen molar-refractivity contribution < 1.29 is 20.1 Å². The zero-order chi connectivity index (χ0) is 17.6. The molecule has 132 valence electrons. The lowest BCUT2D eigenvalue weighted by molar-refractivity contribution is -0.0508. The number of fused-ring (bicyclic) bond motifs is 1. The molecular weight excluding hydrogens is 362 g/mol. The van der Waals surface area contributed by atoms with Gasteiger partial charge in [0.05, 0.1) is 12.0 Å². The molecule has 3 N–H and O–H groups in total. The lowest BCUT2D eigenvalue weighted by atomic mass is 10.1. The van der Waals surface area contributed by atoms with Gasteiger partial charge >= 0.3 is 0 Å². The van der Waals surface area contributed by atoms with Crippen molar-refractivity contribution in [3.8, 4) is 11.1 Å². The van der Waals surface area contributed by atoms with Gasteiger partial charge in [-0.05, 0) is 28.6 Å². The Hall–Kier alpha value is -1.49. The SMILES string of the molecule is CSc1ncnc2c1c(-c1ccsc1)cn2[C@@H]1O[C@H](CO)[C@@H](O)[C@H]1O. The zero-order valence-corrected chi connectivity index (χ0v) is 14.9. The van der Waals surface area contributed by atoms with Gasteiger partial charge in [-0.15, -0.1) is 11.8 Å². The van der Waals surface area contributed by atoms with Crippen LogP contribution in [0.25, 0.3) is 22.2 Å². The first-order valence-electron chi connectivity index (χ1n) is 7.70. The normalized spacial score (nSPS) is 26.6. The molecule has 25 heavy (non-hydrogen) atoms.